The summed E-state index contributed by atoms with van der Waals surface area (Å²) in [6, 6.07) is 5.17. The van der Waals surface area contributed by atoms with Gasteiger partial charge < -0.3 is 14.8 Å². The maximum atomic E-state index is 11.1. The number of nitrogens with zero attached hydrogens (tertiary/aromatic N) is 1. The molecule has 1 heterocycles. The number of fused-ring (bicyclic) bond motifs is 1. The van der Waals surface area contributed by atoms with E-state index in [1.807, 2.05) is 0 Å². The van der Waals surface area contributed by atoms with Gasteiger partial charge in [0, 0.05) is 12.7 Å². The molecule has 0 atom stereocenters. The van der Waals surface area contributed by atoms with Gasteiger partial charge in [-0.3, -0.25) is 4.57 Å². The van der Waals surface area contributed by atoms with E-state index in [9.17, 15) is 4.79 Å². The molecule has 0 spiro atoms. The molecule has 0 aliphatic carbocycles. The van der Waals surface area contributed by atoms with E-state index in [1.54, 1.807) is 25.2 Å². The van der Waals surface area contributed by atoms with Crippen molar-refractivity contribution in [3.05, 3.63) is 28.7 Å². The average molecular weight is 194 g/mol. The van der Waals surface area contributed by atoms with Crippen LogP contribution in [0, 0.1) is 0 Å². The highest BCUT2D eigenvalue weighted by molar-refractivity contribution is 5.77. The maximum absolute atomic E-state index is 11.1. The van der Waals surface area contributed by atoms with Gasteiger partial charge in [0.2, 0.25) is 0 Å². The zero-order chi connectivity index (χ0) is 10.1. The van der Waals surface area contributed by atoms with Crippen molar-refractivity contribution in [2.24, 2.45) is 7.05 Å². The number of hydrogen-bond acceptors (Lipinski definition) is 4. The summed E-state index contributed by atoms with van der Waals surface area (Å²) in [5.74, 6) is -0.388. The van der Waals surface area contributed by atoms with Crippen molar-refractivity contribution in [2.75, 3.05) is 12.0 Å². The summed E-state index contributed by atoms with van der Waals surface area (Å²) in [6.45, 7) is -0.142. The second kappa shape index (κ2) is 3.19. The number of aromatic nitrogens is 1. The average Bonchev–Trinajstić information content (AvgIpc) is 2.45. The molecule has 14 heavy (non-hydrogen) atoms. The molecule has 0 aliphatic rings. The third kappa shape index (κ3) is 1.27. The molecule has 1 aromatic heterocycles. The van der Waals surface area contributed by atoms with Gasteiger partial charge in [0.25, 0.3) is 0 Å². The predicted octanol–water partition coefficient (Wildman–Crippen LogP) is 0.493. The molecule has 0 amide bonds. The van der Waals surface area contributed by atoms with Gasteiger partial charge in [-0.1, -0.05) is 0 Å². The first-order chi connectivity index (χ1) is 6.72. The third-order valence-electron chi connectivity index (χ3n) is 2.07. The van der Waals surface area contributed by atoms with Crippen LogP contribution in [0.2, 0.25) is 0 Å². The third-order valence-corrected chi connectivity index (χ3v) is 2.07. The molecule has 0 unspecified atom stereocenters. The van der Waals surface area contributed by atoms with Crippen LogP contribution in [-0.2, 0) is 7.05 Å². The van der Waals surface area contributed by atoms with E-state index >= 15 is 0 Å². The topological polar surface area (TPSA) is 67.4 Å². The first-order valence-corrected chi connectivity index (χ1v) is 4.16. The minimum absolute atomic E-state index is 0.142. The lowest BCUT2D eigenvalue weighted by molar-refractivity contribution is 0.325. The Morgan fingerprint density at radius 3 is 3.07 bits per heavy atom. The van der Waals surface area contributed by atoms with Crippen molar-refractivity contribution >= 4 is 16.8 Å². The number of hydrogen-bond donors (Lipinski definition) is 2. The zero-order valence-corrected chi connectivity index (χ0v) is 7.65. The van der Waals surface area contributed by atoms with E-state index in [0.717, 1.165) is 5.69 Å². The summed E-state index contributed by atoms with van der Waals surface area (Å²) in [4.78, 5) is 11.1. The summed E-state index contributed by atoms with van der Waals surface area (Å²) < 4.78 is 6.36. The van der Waals surface area contributed by atoms with E-state index in [2.05, 4.69) is 5.32 Å². The molecule has 5 nitrogen and oxygen atoms in total. The molecule has 0 bridgehead atoms. The van der Waals surface area contributed by atoms with Gasteiger partial charge in [0.1, 0.15) is 6.73 Å². The van der Waals surface area contributed by atoms with Crippen molar-refractivity contribution in [2.45, 2.75) is 0 Å². The molecule has 0 fully saturated rings. The van der Waals surface area contributed by atoms with Gasteiger partial charge in [-0.05, 0) is 18.2 Å². The number of aliphatic hydroxyl groups excluding tert-OH is 1. The Bertz CT molecular complexity index is 512. The molecule has 0 aliphatic heterocycles. The van der Waals surface area contributed by atoms with E-state index in [0.29, 0.717) is 11.1 Å². The van der Waals surface area contributed by atoms with Crippen LogP contribution in [0.5, 0.6) is 0 Å². The van der Waals surface area contributed by atoms with Crippen LogP contribution in [0.4, 0.5) is 5.69 Å². The Morgan fingerprint density at radius 2 is 2.36 bits per heavy atom. The van der Waals surface area contributed by atoms with Crippen LogP contribution in [0.3, 0.4) is 0 Å². The SMILES string of the molecule is Cn1c(=O)oc2ccc(NCO)cc21. The van der Waals surface area contributed by atoms with Gasteiger partial charge in [-0.15, -0.1) is 0 Å². The fourth-order valence-corrected chi connectivity index (χ4v) is 1.33. The quantitative estimate of drug-likeness (QED) is 0.683. The van der Waals surface area contributed by atoms with Crippen LogP contribution in [0.25, 0.3) is 11.1 Å². The van der Waals surface area contributed by atoms with Crippen molar-refractivity contribution in [1.82, 2.24) is 4.57 Å². The van der Waals surface area contributed by atoms with Gasteiger partial charge in [0.05, 0.1) is 5.52 Å². The predicted molar refractivity (Wildman–Crippen MR) is 52.2 cm³/mol. The maximum Gasteiger partial charge on any atom is 0.419 e. The Labute approximate surface area is 79.6 Å². The Kier molecular flexibility index (Phi) is 2.01. The summed E-state index contributed by atoms with van der Waals surface area (Å²) in [7, 11) is 1.64. The van der Waals surface area contributed by atoms with E-state index in [1.165, 1.54) is 4.57 Å². The number of anilines is 1. The van der Waals surface area contributed by atoms with Crippen LogP contribution >= 0.6 is 0 Å². The largest absolute Gasteiger partial charge is 0.419 e. The van der Waals surface area contributed by atoms with Crippen LogP contribution in [-0.4, -0.2) is 16.4 Å². The second-order valence-electron chi connectivity index (χ2n) is 2.94. The number of nitrogens with one attached hydrogen (secondary N) is 1. The Balaban J connectivity index is 2.63. The molecule has 5 heteroatoms. The monoisotopic (exact) mass is 194 g/mol. The molecule has 0 saturated heterocycles. The van der Waals surface area contributed by atoms with Gasteiger partial charge in [-0.2, -0.15) is 0 Å². The highest BCUT2D eigenvalue weighted by Gasteiger charge is 2.05. The minimum atomic E-state index is -0.388. The summed E-state index contributed by atoms with van der Waals surface area (Å²) in [5, 5.41) is 11.4. The Morgan fingerprint density at radius 1 is 1.57 bits per heavy atom. The zero-order valence-electron chi connectivity index (χ0n) is 7.65. The Hall–Kier alpha value is -1.75. The van der Waals surface area contributed by atoms with Gasteiger partial charge in [0.15, 0.2) is 5.58 Å². The fraction of sp³-hybridized carbons (Fsp3) is 0.222. The highest BCUT2D eigenvalue weighted by atomic mass is 16.4. The molecular weight excluding hydrogens is 184 g/mol. The number of benzene rings is 1. The molecule has 2 rings (SSSR count). The van der Waals surface area contributed by atoms with Crippen molar-refractivity contribution in [3.8, 4) is 0 Å². The number of aliphatic hydroxyl groups is 1. The van der Waals surface area contributed by atoms with Crippen molar-refractivity contribution in [3.63, 3.8) is 0 Å². The molecule has 2 N–H and O–H groups in total. The smallest absolute Gasteiger partial charge is 0.408 e. The standard InChI is InChI=1S/C9H10N2O3/c1-11-7-4-6(10-5-12)2-3-8(7)14-9(11)13/h2-4,10,12H,5H2,1H3. The summed E-state index contributed by atoms with van der Waals surface area (Å²) >= 11 is 0. The van der Waals surface area contributed by atoms with Crippen LogP contribution in [0.1, 0.15) is 0 Å². The van der Waals surface area contributed by atoms with E-state index < -0.39 is 0 Å². The van der Waals surface area contributed by atoms with E-state index in [4.69, 9.17) is 9.52 Å². The number of aryl methyl sites for hydroxylation is 1. The number of oxazole rings is 1. The highest BCUT2D eigenvalue weighted by Crippen LogP contribution is 2.17. The first-order valence-electron chi connectivity index (χ1n) is 4.16. The fourth-order valence-electron chi connectivity index (χ4n) is 1.33. The van der Waals surface area contributed by atoms with E-state index in [-0.39, 0.29) is 12.5 Å². The first kappa shape index (κ1) is 8.83. The lowest BCUT2D eigenvalue weighted by Crippen LogP contribution is -2.08. The van der Waals surface area contributed by atoms with Gasteiger partial charge >= 0.3 is 5.76 Å². The molecule has 74 valence electrons. The summed E-state index contributed by atoms with van der Waals surface area (Å²) in [5.41, 5.74) is 1.99. The second-order valence-corrected chi connectivity index (χ2v) is 2.94. The van der Waals surface area contributed by atoms with Crippen molar-refractivity contribution in [1.29, 1.82) is 0 Å². The van der Waals surface area contributed by atoms with Gasteiger partial charge in [-0.25, -0.2) is 4.79 Å². The molecule has 1 aromatic carbocycles. The molecule has 0 radical (unpaired) electrons. The lowest BCUT2D eigenvalue weighted by Gasteiger charge is -2.01. The minimum Gasteiger partial charge on any atom is -0.408 e. The van der Waals surface area contributed by atoms with Crippen molar-refractivity contribution < 1.29 is 9.52 Å². The molecule has 2 aromatic rings. The summed E-state index contributed by atoms with van der Waals surface area (Å²) in [6.07, 6.45) is 0. The van der Waals surface area contributed by atoms with Crippen LogP contribution < -0.4 is 11.1 Å². The number of rotatable bonds is 2. The molecular formula is C9H10N2O3. The lowest BCUT2D eigenvalue weighted by atomic mass is 10.3. The van der Waals surface area contributed by atoms with Crippen LogP contribution in [0.15, 0.2) is 27.4 Å². The normalized spacial score (nSPS) is 10.7. The molecule has 0 saturated carbocycles.